The molecule has 1 aliphatic rings. The highest BCUT2D eigenvalue weighted by molar-refractivity contribution is 5.97. The van der Waals surface area contributed by atoms with E-state index in [1.807, 2.05) is 67.1 Å². The smallest absolute Gasteiger partial charge is 0.231 e. The molecule has 0 unspecified atom stereocenters. The summed E-state index contributed by atoms with van der Waals surface area (Å²) in [7, 11) is 0. The molecule has 0 saturated heterocycles. The fraction of sp³-hybridized carbons (Fsp3) is 0.150. The van der Waals surface area contributed by atoms with E-state index in [1.165, 1.54) is 0 Å². The van der Waals surface area contributed by atoms with Crippen molar-refractivity contribution in [3.05, 3.63) is 59.9 Å². The Morgan fingerprint density at radius 1 is 0.926 bits per heavy atom. The first-order valence-electron chi connectivity index (χ1n) is 8.65. The van der Waals surface area contributed by atoms with Crippen molar-refractivity contribution in [3.63, 3.8) is 0 Å². The van der Waals surface area contributed by atoms with Gasteiger partial charge in [0, 0.05) is 28.2 Å². The Balaban J connectivity index is 1.60. The lowest BCUT2D eigenvalue weighted by Crippen LogP contribution is -2.06. The van der Waals surface area contributed by atoms with Crippen LogP contribution in [0.2, 0.25) is 0 Å². The van der Waals surface area contributed by atoms with E-state index in [4.69, 9.17) is 9.47 Å². The summed E-state index contributed by atoms with van der Waals surface area (Å²) in [5.74, 6) is 2.86. The second-order valence-corrected chi connectivity index (χ2v) is 6.45. The van der Waals surface area contributed by atoms with Crippen LogP contribution in [-0.4, -0.2) is 26.8 Å². The second-order valence-electron chi connectivity index (χ2n) is 6.45. The molecule has 134 valence electrons. The first kappa shape index (κ1) is 15.6. The van der Waals surface area contributed by atoms with Crippen molar-refractivity contribution in [2.45, 2.75) is 13.8 Å². The molecule has 5 rings (SSSR count). The summed E-state index contributed by atoms with van der Waals surface area (Å²) in [6.45, 7) is 4.22. The maximum absolute atomic E-state index is 5.45. The molecule has 0 fully saturated rings. The van der Waals surface area contributed by atoms with Gasteiger partial charge in [-0.1, -0.05) is 24.3 Å². The van der Waals surface area contributed by atoms with Gasteiger partial charge < -0.3 is 14.8 Å². The second kappa shape index (κ2) is 5.98. The van der Waals surface area contributed by atoms with Gasteiger partial charge in [-0.3, -0.25) is 0 Å². The number of fused-ring (bicyclic) bond motifs is 2. The summed E-state index contributed by atoms with van der Waals surface area (Å²) in [6, 6.07) is 15.8. The number of hydrogen-bond donors (Lipinski definition) is 1. The Kier molecular flexibility index (Phi) is 3.46. The number of hydrogen-bond acceptors (Lipinski definition) is 6. The van der Waals surface area contributed by atoms with Crippen molar-refractivity contribution in [3.8, 4) is 17.3 Å². The van der Waals surface area contributed by atoms with E-state index < -0.39 is 0 Å². The summed E-state index contributed by atoms with van der Waals surface area (Å²) < 4.78 is 12.6. The first-order valence-corrected chi connectivity index (χ1v) is 8.65. The van der Waals surface area contributed by atoms with Gasteiger partial charge in [0.25, 0.3) is 0 Å². The predicted molar refractivity (Wildman–Crippen MR) is 102 cm³/mol. The Morgan fingerprint density at radius 3 is 2.56 bits per heavy atom. The van der Waals surface area contributed by atoms with E-state index in [9.17, 15) is 0 Å². The van der Waals surface area contributed by atoms with Crippen LogP contribution in [0, 0.1) is 13.8 Å². The Bertz CT molecular complexity index is 1170. The average Bonchev–Trinajstić information content (AvgIpc) is 3.27. The van der Waals surface area contributed by atoms with Crippen LogP contribution in [0.25, 0.3) is 16.6 Å². The normalized spacial score (nSPS) is 12.5. The zero-order chi connectivity index (χ0) is 18.4. The van der Waals surface area contributed by atoms with Gasteiger partial charge >= 0.3 is 0 Å². The van der Waals surface area contributed by atoms with Gasteiger partial charge in [-0.05, 0) is 32.0 Å². The van der Waals surface area contributed by atoms with E-state index in [1.54, 1.807) is 0 Å². The van der Waals surface area contributed by atoms with Crippen LogP contribution in [0.15, 0.2) is 48.5 Å². The average molecular weight is 359 g/mol. The molecule has 1 N–H and O–H groups in total. The highest BCUT2D eigenvalue weighted by Crippen LogP contribution is 2.36. The third kappa shape index (κ3) is 2.64. The maximum Gasteiger partial charge on any atom is 0.231 e. The minimum atomic E-state index is 0.249. The highest BCUT2D eigenvalue weighted by Gasteiger charge is 2.16. The topological polar surface area (TPSA) is 74.1 Å². The number of benzene rings is 2. The summed E-state index contributed by atoms with van der Waals surface area (Å²) in [4.78, 5) is 0. The molecule has 0 bridgehead atoms. The van der Waals surface area contributed by atoms with Crippen molar-refractivity contribution < 1.29 is 9.47 Å². The van der Waals surface area contributed by atoms with E-state index >= 15 is 0 Å². The molecule has 2 aromatic heterocycles. The largest absolute Gasteiger partial charge is 0.454 e. The van der Waals surface area contributed by atoms with Crippen LogP contribution in [0.5, 0.6) is 11.5 Å². The Morgan fingerprint density at radius 2 is 1.74 bits per heavy atom. The van der Waals surface area contributed by atoms with Gasteiger partial charge in [-0.2, -0.15) is 5.10 Å². The van der Waals surface area contributed by atoms with Gasteiger partial charge in [-0.15, -0.1) is 10.2 Å². The SMILES string of the molecule is Cc1cc(C)n(-c2nnc(Nc3ccc4c(c3)OCO4)c3ccccc23)n1. The number of rotatable bonds is 3. The van der Waals surface area contributed by atoms with E-state index in [-0.39, 0.29) is 6.79 Å². The van der Waals surface area contributed by atoms with Crippen molar-refractivity contribution in [1.82, 2.24) is 20.0 Å². The number of anilines is 2. The van der Waals surface area contributed by atoms with Crippen molar-refractivity contribution in [2.75, 3.05) is 12.1 Å². The standard InChI is InChI=1S/C20H17N5O2/c1-12-9-13(2)25(24-12)20-16-6-4-3-5-15(16)19(22-23-20)21-14-7-8-17-18(10-14)27-11-26-17/h3-10H,11H2,1-2H3,(H,21,22). The third-order valence-corrected chi connectivity index (χ3v) is 4.51. The van der Waals surface area contributed by atoms with Gasteiger partial charge in [0.05, 0.1) is 5.69 Å². The van der Waals surface area contributed by atoms with Crippen LogP contribution in [0.4, 0.5) is 11.5 Å². The molecule has 0 atom stereocenters. The molecule has 27 heavy (non-hydrogen) atoms. The monoisotopic (exact) mass is 359 g/mol. The van der Waals surface area contributed by atoms with Gasteiger partial charge in [0.2, 0.25) is 6.79 Å². The van der Waals surface area contributed by atoms with E-state index in [0.717, 1.165) is 39.3 Å². The minimum Gasteiger partial charge on any atom is -0.454 e. The van der Waals surface area contributed by atoms with Crippen molar-refractivity contribution in [2.24, 2.45) is 0 Å². The van der Waals surface area contributed by atoms with Crippen molar-refractivity contribution in [1.29, 1.82) is 0 Å². The van der Waals surface area contributed by atoms with E-state index in [2.05, 4.69) is 20.6 Å². The highest BCUT2D eigenvalue weighted by atomic mass is 16.7. The summed E-state index contributed by atoms with van der Waals surface area (Å²) >= 11 is 0. The maximum atomic E-state index is 5.45. The fourth-order valence-corrected chi connectivity index (χ4v) is 3.29. The summed E-state index contributed by atoms with van der Waals surface area (Å²) in [5, 5.41) is 18.7. The number of nitrogens with one attached hydrogen (secondary N) is 1. The molecule has 0 amide bonds. The molecule has 1 aliphatic heterocycles. The molecule has 0 spiro atoms. The Labute approximate surface area is 155 Å². The minimum absolute atomic E-state index is 0.249. The fourth-order valence-electron chi connectivity index (χ4n) is 3.29. The molecule has 3 heterocycles. The lowest BCUT2D eigenvalue weighted by molar-refractivity contribution is 0.174. The van der Waals surface area contributed by atoms with Gasteiger partial charge in [-0.25, -0.2) is 4.68 Å². The number of aryl methyl sites for hydroxylation is 2. The van der Waals surface area contributed by atoms with Crippen LogP contribution in [-0.2, 0) is 0 Å². The molecular weight excluding hydrogens is 342 g/mol. The molecule has 0 saturated carbocycles. The summed E-state index contributed by atoms with van der Waals surface area (Å²) in [6.07, 6.45) is 0. The van der Waals surface area contributed by atoms with Gasteiger partial charge in [0.1, 0.15) is 0 Å². The van der Waals surface area contributed by atoms with Crippen LogP contribution in [0.3, 0.4) is 0 Å². The number of aromatic nitrogens is 4. The van der Waals surface area contributed by atoms with Gasteiger partial charge in [0.15, 0.2) is 23.1 Å². The Hall–Kier alpha value is -3.61. The summed E-state index contributed by atoms with van der Waals surface area (Å²) in [5.41, 5.74) is 2.82. The number of ether oxygens (including phenoxy) is 2. The lowest BCUT2D eigenvalue weighted by Gasteiger charge is -2.12. The molecule has 2 aromatic carbocycles. The third-order valence-electron chi connectivity index (χ3n) is 4.51. The van der Waals surface area contributed by atoms with Crippen molar-refractivity contribution >= 4 is 22.3 Å². The quantitative estimate of drug-likeness (QED) is 0.598. The zero-order valence-corrected chi connectivity index (χ0v) is 14.9. The number of nitrogens with zero attached hydrogens (tertiary/aromatic N) is 4. The van der Waals surface area contributed by atoms with Crippen LogP contribution >= 0.6 is 0 Å². The zero-order valence-electron chi connectivity index (χ0n) is 14.9. The molecule has 7 nitrogen and oxygen atoms in total. The molecule has 7 heteroatoms. The molecule has 0 aliphatic carbocycles. The molecule has 4 aromatic rings. The van der Waals surface area contributed by atoms with E-state index in [0.29, 0.717) is 11.6 Å². The van der Waals surface area contributed by atoms with Crippen LogP contribution in [0.1, 0.15) is 11.4 Å². The predicted octanol–water partition coefficient (Wildman–Crippen LogP) is 3.90. The van der Waals surface area contributed by atoms with Crippen LogP contribution < -0.4 is 14.8 Å². The first-order chi connectivity index (χ1) is 13.2. The molecular formula is C20H17N5O2. The molecule has 0 radical (unpaired) electrons. The lowest BCUT2D eigenvalue weighted by atomic mass is 10.1.